The molecule has 148 valence electrons. The number of carbonyl (C=O) groups excluding carboxylic acids is 1. The maximum absolute atomic E-state index is 12.5. The van der Waals surface area contributed by atoms with E-state index in [0.717, 1.165) is 88.7 Å². The van der Waals surface area contributed by atoms with Crippen LogP contribution in [0.3, 0.4) is 0 Å². The zero-order valence-electron chi connectivity index (χ0n) is 15.9. The van der Waals surface area contributed by atoms with E-state index in [-0.39, 0.29) is 29.7 Å². The van der Waals surface area contributed by atoms with Crippen LogP contribution in [0.25, 0.3) is 0 Å². The standard InChI is InChI=1S/C20H30N4O3/c25-19-13-14-3-1-2-4-18(14)23-24(19)17-7-5-15(6-8-17)21-20(26)22-16-9-11-27-12-10-16/h13,15-17H,1-12H2,(H2,21,22,26). The predicted octanol–water partition coefficient (Wildman–Crippen LogP) is 2.08. The Hall–Kier alpha value is -1.89. The van der Waals surface area contributed by atoms with Crippen LogP contribution in [-0.4, -0.2) is 41.1 Å². The molecule has 1 saturated carbocycles. The Kier molecular flexibility index (Phi) is 5.76. The van der Waals surface area contributed by atoms with Gasteiger partial charge in [-0.3, -0.25) is 4.79 Å². The molecule has 2 amide bonds. The minimum atomic E-state index is -0.0746. The van der Waals surface area contributed by atoms with Crippen LogP contribution in [0, 0.1) is 0 Å². The van der Waals surface area contributed by atoms with Gasteiger partial charge in [0, 0.05) is 31.4 Å². The van der Waals surface area contributed by atoms with Gasteiger partial charge in [0.05, 0.1) is 11.7 Å². The lowest BCUT2D eigenvalue weighted by molar-refractivity contribution is 0.0798. The molecular weight excluding hydrogens is 344 g/mol. The number of carbonyl (C=O) groups is 1. The average Bonchev–Trinajstić information content (AvgIpc) is 2.69. The first-order chi connectivity index (χ1) is 13.2. The molecule has 7 heteroatoms. The van der Waals surface area contributed by atoms with Crippen molar-refractivity contribution in [1.82, 2.24) is 20.4 Å². The molecule has 27 heavy (non-hydrogen) atoms. The molecule has 0 spiro atoms. The molecule has 1 aromatic heterocycles. The second kappa shape index (κ2) is 8.42. The predicted molar refractivity (Wildman–Crippen MR) is 102 cm³/mol. The van der Waals surface area contributed by atoms with E-state index in [0.29, 0.717) is 0 Å². The molecule has 4 rings (SSSR count). The van der Waals surface area contributed by atoms with Crippen LogP contribution < -0.4 is 16.2 Å². The van der Waals surface area contributed by atoms with Gasteiger partial charge in [-0.15, -0.1) is 0 Å². The van der Waals surface area contributed by atoms with Gasteiger partial charge in [-0.05, 0) is 69.8 Å². The van der Waals surface area contributed by atoms with Gasteiger partial charge in [-0.2, -0.15) is 5.10 Å². The second-order valence-corrected chi connectivity index (χ2v) is 8.12. The molecule has 3 aliphatic rings. The van der Waals surface area contributed by atoms with Gasteiger partial charge >= 0.3 is 6.03 Å². The number of aryl methyl sites for hydroxylation is 2. The molecule has 2 fully saturated rings. The second-order valence-electron chi connectivity index (χ2n) is 8.12. The number of amides is 2. The van der Waals surface area contributed by atoms with E-state index in [1.807, 2.05) is 0 Å². The van der Waals surface area contributed by atoms with Crippen LogP contribution in [0.4, 0.5) is 4.79 Å². The van der Waals surface area contributed by atoms with Crippen LogP contribution in [0.2, 0.25) is 0 Å². The van der Waals surface area contributed by atoms with E-state index in [1.165, 1.54) is 0 Å². The van der Waals surface area contributed by atoms with E-state index in [4.69, 9.17) is 9.84 Å². The summed E-state index contributed by atoms with van der Waals surface area (Å²) in [6.45, 7) is 1.44. The van der Waals surface area contributed by atoms with Crippen molar-refractivity contribution in [3.63, 3.8) is 0 Å². The highest BCUT2D eigenvalue weighted by molar-refractivity contribution is 5.74. The molecule has 0 radical (unpaired) electrons. The summed E-state index contributed by atoms with van der Waals surface area (Å²) in [6, 6.07) is 2.27. The maximum atomic E-state index is 12.5. The molecule has 0 atom stereocenters. The van der Waals surface area contributed by atoms with Crippen molar-refractivity contribution in [3.8, 4) is 0 Å². The van der Waals surface area contributed by atoms with Crippen LogP contribution >= 0.6 is 0 Å². The summed E-state index contributed by atoms with van der Waals surface area (Å²) in [4.78, 5) is 24.7. The number of hydrogen-bond acceptors (Lipinski definition) is 4. The van der Waals surface area contributed by atoms with Crippen molar-refractivity contribution < 1.29 is 9.53 Å². The van der Waals surface area contributed by atoms with Gasteiger partial charge in [-0.25, -0.2) is 9.48 Å². The number of nitrogens with one attached hydrogen (secondary N) is 2. The van der Waals surface area contributed by atoms with Gasteiger partial charge in [0.2, 0.25) is 0 Å². The summed E-state index contributed by atoms with van der Waals surface area (Å²) in [6.07, 6.45) is 9.59. The monoisotopic (exact) mass is 374 g/mol. The molecule has 2 heterocycles. The van der Waals surface area contributed by atoms with Gasteiger partial charge in [0.25, 0.3) is 5.56 Å². The average molecular weight is 374 g/mol. The van der Waals surface area contributed by atoms with Crippen LogP contribution in [0.5, 0.6) is 0 Å². The molecule has 1 aromatic rings. The quantitative estimate of drug-likeness (QED) is 0.848. The minimum absolute atomic E-state index is 0.0318. The number of aromatic nitrogens is 2. The fourth-order valence-electron chi connectivity index (χ4n) is 4.56. The third kappa shape index (κ3) is 4.51. The molecule has 0 aromatic carbocycles. The molecule has 1 aliphatic heterocycles. The van der Waals surface area contributed by atoms with E-state index in [9.17, 15) is 9.59 Å². The van der Waals surface area contributed by atoms with E-state index >= 15 is 0 Å². The number of nitrogens with zero attached hydrogens (tertiary/aromatic N) is 2. The number of ether oxygens (including phenoxy) is 1. The summed E-state index contributed by atoms with van der Waals surface area (Å²) in [7, 11) is 0. The Morgan fingerprint density at radius 1 is 1.00 bits per heavy atom. The fraction of sp³-hybridized carbons (Fsp3) is 0.750. The van der Waals surface area contributed by atoms with Gasteiger partial charge in [0.1, 0.15) is 0 Å². The first-order valence-electron chi connectivity index (χ1n) is 10.5. The number of hydrogen-bond donors (Lipinski definition) is 2. The van der Waals surface area contributed by atoms with Crippen LogP contribution in [-0.2, 0) is 17.6 Å². The first kappa shape index (κ1) is 18.5. The normalized spacial score (nSPS) is 26.2. The molecule has 0 unspecified atom stereocenters. The van der Waals surface area contributed by atoms with Gasteiger partial charge in [0.15, 0.2) is 0 Å². The highest BCUT2D eigenvalue weighted by Crippen LogP contribution is 2.28. The Morgan fingerprint density at radius 3 is 2.41 bits per heavy atom. The summed E-state index contributed by atoms with van der Waals surface area (Å²) in [5.41, 5.74) is 2.28. The van der Waals surface area contributed by atoms with Crippen molar-refractivity contribution in [2.45, 2.75) is 82.3 Å². The summed E-state index contributed by atoms with van der Waals surface area (Å²) >= 11 is 0. The topological polar surface area (TPSA) is 85.2 Å². The van der Waals surface area contributed by atoms with Crippen molar-refractivity contribution in [1.29, 1.82) is 0 Å². The Balaban J connectivity index is 1.30. The number of fused-ring (bicyclic) bond motifs is 1. The molecule has 2 aliphatic carbocycles. The van der Waals surface area contributed by atoms with Crippen molar-refractivity contribution in [2.24, 2.45) is 0 Å². The maximum Gasteiger partial charge on any atom is 0.315 e. The lowest BCUT2D eigenvalue weighted by Crippen LogP contribution is -2.48. The fourth-order valence-corrected chi connectivity index (χ4v) is 4.56. The van der Waals surface area contributed by atoms with Crippen molar-refractivity contribution in [3.05, 3.63) is 27.7 Å². The molecule has 2 N–H and O–H groups in total. The van der Waals surface area contributed by atoms with Crippen LogP contribution in [0.15, 0.2) is 10.9 Å². The zero-order valence-corrected chi connectivity index (χ0v) is 15.9. The Labute approximate surface area is 159 Å². The zero-order chi connectivity index (χ0) is 18.6. The lowest BCUT2D eigenvalue weighted by Gasteiger charge is -2.31. The SMILES string of the molecule is O=C(NC1CCOCC1)NC1CCC(n2nc3c(cc2=O)CCCC3)CC1. The van der Waals surface area contributed by atoms with Crippen LogP contribution in [0.1, 0.15) is 68.7 Å². The third-order valence-corrected chi connectivity index (χ3v) is 6.17. The Morgan fingerprint density at radius 2 is 1.67 bits per heavy atom. The molecular formula is C20H30N4O3. The molecule has 0 bridgehead atoms. The number of urea groups is 1. The first-order valence-corrected chi connectivity index (χ1v) is 10.5. The summed E-state index contributed by atoms with van der Waals surface area (Å²) in [5.74, 6) is 0. The van der Waals surface area contributed by atoms with E-state index in [1.54, 1.807) is 10.7 Å². The lowest BCUT2D eigenvalue weighted by atomic mass is 9.91. The number of rotatable bonds is 3. The third-order valence-electron chi connectivity index (χ3n) is 6.17. The van der Waals surface area contributed by atoms with Crippen molar-refractivity contribution >= 4 is 6.03 Å². The smallest absolute Gasteiger partial charge is 0.315 e. The summed E-state index contributed by atoms with van der Waals surface area (Å²) < 4.78 is 7.03. The van der Waals surface area contributed by atoms with E-state index in [2.05, 4.69) is 10.6 Å². The Bertz CT molecular complexity index is 718. The van der Waals surface area contributed by atoms with Gasteiger partial charge < -0.3 is 15.4 Å². The minimum Gasteiger partial charge on any atom is -0.381 e. The van der Waals surface area contributed by atoms with Gasteiger partial charge in [-0.1, -0.05) is 0 Å². The highest BCUT2D eigenvalue weighted by Gasteiger charge is 2.26. The van der Waals surface area contributed by atoms with E-state index < -0.39 is 0 Å². The highest BCUT2D eigenvalue weighted by atomic mass is 16.5. The molecule has 1 saturated heterocycles. The largest absolute Gasteiger partial charge is 0.381 e. The molecule has 7 nitrogen and oxygen atoms in total. The van der Waals surface area contributed by atoms with Crippen molar-refractivity contribution in [2.75, 3.05) is 13.2 Å². The summed E-state index contributed by atoms with van der Waals surface area (Å²) in [5, 5.41) is 10.9.